The molecule has 1 saturated heterocycles. The Balaban J connectivity index is 0.00000261. The largest absolute Gasteiger partial charge is 0.352 e. The van der Waals surface area contributed by atoms with Gasteiger partial charge in [0.05, 0.1) is 0 Å². The number of rotatable bonds is 4. The maximum atomic E-state index is 13.9. The van der Waals surface area contributed by atoms with Crippen molar-refractivity contribution in [3.8, 4) is 0 Å². The van der Waals surface area contributed by atoms with Crippen LogP contribution in [0.5, 0.6) is 0 Å². The minimum absolute atomic E-state index is 0. The van der Waals surface area contributed by atoms with Gasteiger partial charge >= 0.3 is 0 Å². The van der Waals surface area contributed by atoms with Gasteiger partial charge in [0.25, 0.3) is 0 Å². The Morgan fingerprint density at radius 1 is 1.37 bits per heavy atom. The van der Waals surface area contributed by atoms with Gasteiger partial charge in [-0.25, -0.2) is 13.8 Å². The van der Waals surface area contributed by atoms with Crippen molar-refractivity contribution in [2.24, 2.45) is 4.99 Å². The second-order valence-corrected chi connectivity index (χ2v) is 7.00. The van der Waals surface area contributed by atoms with Crippen LogP contribution < -0.4 is 15.5 Å². The van der Waals surface area contributed by atoms with E-state index < -0.39 is 0 Å². The fourth-order valence-electron chi connectivity index (χ4n) is 2.97. The van der Waals surface area contributed by atoms with Gasteiger partial charge in [-0.3, -0.25) is 4.99 Å². The smallest absolute Gasteiger partial charge is 0.191 e. The van der Waals surface area contributed by atoms with E-state index in [4.69, 9.17) is 0 Å². The Kier molecular flexibility index (Phi) is 8.21. The molecular weight excluding hydrogens is 531 g/mol. The molecule has 2 N–H and O–H groups in total. The zero-order chi connectivity index (χ0) is 18.5. The molecule has 1 aliphatic heterocycles. The van der Waals surface area contributed by atoms with Crippen LogP contribution in [0.25, 0.3) is 0 Å². The number of halogens is 4. The standard InChI is InChI=1S/C18H20BrF2N5.HI/c1-22-18(24-10-12-7-13(19)9-14(20)8-12)25-15-4-6-26(11-15)17-16(21)3-2-5-23-17;/h2-3,5,7-9,15H,4,6,10-11H2,1H3,(H2,22,24,25);1H. The number of nitrogens with zero attached hydrogens (tertiary/aromatic N) is 3. The fraction of sp³-hybridized carbons (Fsp3) is 0.333. The summed E-state index contributed by atoms with van der Waals surface area (Å²) in [6.07, 6.45) is 2.44. The van der Waals surface area contributed by atoms with Crippen LogP contribution in [-0.2, 0) is 6.54 Å². The van der Waals surface area contributed by atoms with E-state index in [1.807, 2.05) is 11.0 Å². The molecule has 2 heterocycles. The average Bonchev–Trinajstić information content (AvgIpc) is 3.06. The molecule has 1 aliphatic rings. The number of aromatic nitrogens is 1. The quantitative estimate of drug-likeness (QED) is 0.346. The summed E-state index contributed by atoms with van der Waals surface area (Å²) in [5.74, 6) is 0.401. The van der Waals surface area contributed by atoms with Crippen LogP contribution >= 0.6 is 39.9 Å². The summed E-state index contributed by atoms with van der Waals surface area (Å²) in [6.45, 7) is 1.81. The van der Waals surface area contributed by atoms with Crippen molar-refractivity contribution < 1.29 is 8.78 Å². The molecule has 0 aliphatic carbocycles. The maximum absolute atomic E-state index is 13.9. The second kappa shape index (κ2) is 10.2. The zero-order valence-electron chi connectivity index (χ0n) is 14.8. The highest BCUT2D eigenvalue weighted by molar-refractivity contribution is 14.0. The Bertz CT molecular complexity index is 785. The molecule has 1 atom stereocenters. The number of pyridine rings is 1. The monoisotopic (exact) mass is 551 g/mol. The molecule has 0 saturated carbocycles. The summed E-state index contributed by atoms with van der Waals surface area (Å²) < 4.78 is 28.0. The Morgan fingerprint density at radius 3 is 2.89 bits per heavy atom. The van der Waals surface area contributed by atoms with Gasteiger partial charge in [-0.15, -0.1) is 24.0 Å². The minimum Gasteiger partial charge on any atom is -0.352 e. The highest BCUT2D eigenvalue weighted by Gasteiger charge is 2.25. The first-order valence-corrected chi connectivity index (χ1v) is 9.12. The van der Waals surface area contributed by atoms with E-state index in [-0.39, 0.29) is 41.7 Å². The summed E-state index contributed by atoms with van der Waals surface area (Å²) in [6, 6.07) is 7.88. The third kappa shape index (κ3) is 6.00. The first-order valence-electron chi connectivity index (χ1n) is 8.33. The Morgan fingerprint density at radius 2 is 2.19 bits per heavy atom. The van der Waals surface area contributed by atoms with Crippen molar-refractivity contribution in [2.75, 3.05) is 25.0 Å². The van der Waals surface area contributed by atoms with Crippen LogP contribution in [0.2, 0.25) is 0 Å². The molecule has 27 heavy (non-hydrogen) atoms. The zero-order valence-corrected chi connectivity index (χ0v) is 18.7. The summed E-state index contributed by atoms with van der Waals surface area (Å²) in [4.78, 5) is 10.3. The fourth-order valence-corrected chi connectivity index (χ4v) is 3.48. The molecule has 0 amide bonds. The second-order valence-electron chi connectivity index (χ2n) is 6.09. The molecule has 2 aromatic rings. The van der Waals surface area contributed by atoms with E-state index in [9.17, 15) is 8.78 Å². The number of benzene rings is 1. The van der Waals surface area contributed by atoms with E-state index in [0.717, 1.165) is 18.5 Å². The van der Waals surface area contributed by atoms with Crippen LogP contribution in [0.4, 0.5) is 14.6 Å². The average molecular weight is 552 g/mol. The summed E-state index contributed by atoms with van der Waals surface area (Å²) in [5, 5.41) is 6.50. The molecule has 0 spiro atoms. The summed E-state index contributed by atoms with van der Waals surface area (Å²) >= 11 is 3.29. The first kappa shape index (κ1) is 21.8. The number of aliphatic imine (C=N–C) groups is 1. The molecule has 0 bridgehead atoms. The van der Waals surface area contributed by atoms with Gasteiger partial charge in [-0.1, -0.05) is 15.9 Å². The van der Waals surface area contributed by atoms with Crippen LogP contribution in [0.15, 0.2) is 46.0 Å². The van der Waals surface area contributed by atoms with Crippen molar-refractivity contribution in [1.82, 2.24) is 15.6 Å². The predicted molar refractivity (Wildman–Crippen MR) is 118 cm³/mol. The third-order valence-corrected chi connectivity index (χ3v) is 4.63. The lowest BCUT2D eigenvalue weighted by molar-refractivity contribution is 0.612. The lowest BCUT2D eigenvalue weighted by Gasteiger charge is -2.20. The number of hydrogen-bond donors (Lipinski definition) is 2. The number of nitrogens with one attached hydrogen (secondary N) is 2. The number of hydrogen-bond acceptors (Lipinski definition) is 3. The van der Waals surface area contributed by atoms with E-state index in [2.05, 4.69) is 36.5 Å². The number of anilines is 1. The topological polar surface area (TPSA) is 52.6 Å². The Labute approximate surface area is 182 Å². The van der Waals surface area contributed by atoms with Crippen LogP contribution in [0, 0.1) is 11.6 Å². The summed E-state index contributed by atoms with van der Waals surface area (Å²) in [5.41, 5.74) is 0.809. The molecule has 1 aromatic heterocycles. The van der Waals surface area contributed by atoms with Crippen molar-refractivity contribution in [2.45, 2.75) is 19.0 Å². The molecule has 0 radical (unpaired) electrons. The van der Waals surface area contributed by atoms with E-state index >= 15 is 0 Å². The van der Waals surface area contributed by atoms with Crippen LogP contribution in [0.1, 0.15) is 12.0 Å². The Hall–Kier alpha value is -1.49. The highest BCUT2D eigenvalue weighted by atomic mass is 127. The van der Waals surface area contributed by atoms with Crippen molar-refractivity contribution >= 4 is 51.7 Å². The van der Waals surface area contributed by atoms with E-state index in [1.54, 1.807) is 19.3 Å². The van der Waals surface area contributed by atoms with Gasteiger partial charge in [0.1, 0.15) is 5.82 Å². The number of guanidine groups is 1. The summed E-state index contributed by atoms with van der Waals surface area (Å²) in [7, 11) is 1.68. The van der Waals surface area contributed by atoms with Crippen LogP contribution in [0.3, 0.4) is 0 Å². The first-order chi connectivity index (χ1) is 12.5. The molecule has 5 nitrogen and oxygen atoms in total. The van der Waals surface area contributed by atoms with Gasteiger partial charge in [0.2, 0.25) is 0 Å². The van der Waals surface area contributed by atoms with Gasteiger partial charge in [-0.2, -0.15) is 0 Å². The molecular formula is C18H21BrF2IN5. The minimum atomic E-state index is -0.313. The normalized spacial score (nSPS) is 16.8. The molecule has 3 rings (SSSR count). The predicted octanol–water partition coefficient (Wildman–Crippen LogP) is 3.68. The van der Waals surface area contributed by atoms with Gasteiger partial charge in [-0.05, 0) is 42.3 Å². The third-order valence-electron chi connectivity index (χ3n) is 4.17. The maximum Gasteiger partial charge on any atom is 0.191 e. The van der Waals surface area contributed by atoms with Crippen LogP contribution in [-0.4, -0.2) is 37.1 Å². The van der Waals surface area contributed by atoms with Crippen molar-refractivity contribution in [3.63, 3.8) is 0 Å². The molecule has 1 fully saturated rings. The molecule has 146 valence electrons. The van der Waals surface area contributed by atoms with Crippen molar-refractivity contribution in [3.05, 3.63) is 58.2 Å². The highest BCUT2D eigenvalue weighted by Crippen LogP contribution is 2.20. The van der Waals surface area contributed by atoms with Crippen molar-refractivity contribution in [1.29, 1.82) is 0 Å². The molecule has 1 unspecified atom stereocenters. The van der Waals surface area contributed by atoms with E-state index in [0.29, 0.717) is 29.3 Å². The lowest BCUT2D eigenvalue weighted by Crippen LogP contribution is -2.44. The van der Waals surface area contributed by atoms with E-state index in [1.165, 1.54) is 18.2 Å². The van der Waals surface area contributed by atoms with Gasteiger partial charge in [0.15, 0.2) is 17.6 Å². The van der Waals surface area contributed by atoms with Gasteiger partial charge < -0.3 is 15.5 Å². The molecule has 9 heteroatoms. The van der Waals surface area contributed by atoms with Gasteiger partial charge in [0, 0.05) is 43.4 Å². The SMILES string of the molecule is CN=C(NCc1cc(F)cc(Br)c1)NC1CCN(c2ncccc2F)C1.I. The molecule has 1 aromatic carbocycles. The lowest BCUT2D eigenvalue weighted by atomic mass is 10.2.